The molecule has 1 aliphatic heterocycles. The molecule has 5 heteroatoms. The molecule has 2 rings (SSSR count). The Bertz CT molecular complexity index is 437. The molecule has 0 spiro atoms. The summed E-state index contributed by atoms with van der Waals surface area (Å²) in [6.07, 6.45) is 1.79. The topological polar surface area (TPSA) is 56.5 Å². The molecule has 1 heterocycles. The smallest absolute Gasteiger partial charge is 0.179 e. The second kappa shape index (κ2) is 6.09. The van der Waals surface area contributed by atoms with E-state index in [-0.39, 0.29) is 6.04 Å². The van der Waals surface area contributed by atoms with E-state index < -0.39 is 0 Å². The molecule has 4 nitrogen and oxygen atoms in total. The number of benzene rings is 1. The van der Waals surface area contributed by atoms with E-state index in [1.165, 1.54) is 0 Å². The van der Waals surface area contributed by atoms with Crippen LogP contribution in [0.5, 0.6) is 11.5 Å². The molecule has 0 aliphatic carbocycles. The summed E-state index contributed by atoms with van der Waals surface area (Å²) in [5.74, 6) is 1.30. The van der Waals surface area contributed by atoms with E-state index in [1.54, 1.807) is 6.08 Å². The maximum atomic E-state index is 6.19. The Balaban J connectivity index is 2.27. The Kier molecular flexibility index (Phi) is 4.47. The van der Waals surface area contributed by atoms with E-state index in [1.807, 2.05) is 12.1 Å². The van der Waals surface area contributed by atoms with Crippen LogP contribution in [0.1, 0.15) is 11.6 Å². The van der Waals surface area contributed by atoms with Crippen molar-refractivity contribution in [3.63, 3.8) is 0 Å². The van der Waals surface area contributed by atoms with Gasteiger partial charge in [0.05, 0.1) is 5.02 Å². The Morgan fingerprint density at radius 2 is 2.22 bits per heavy atom. The number of nitrogens with two attached hydrogens (primary N) is 1. The molecule has 1 atom stereocenters. The van der Waals surface area contributed by atoms with E-state index in [4.69, 9.17) is 26.8 Å². The summed E-state index contributed by atoms with van der Waals surface area (Å²) in [6.45, 7) is 5.91. The molecule has 0 radical (unpaired) electrons. The predicted molar refractivity (Wildman–Crippen MR) is 72.4 cm³/mol. The number of fused-ring (bicyclic) bond motifs is 1. The van der Waals surface area contributed by atoms with E-state index >= 15 is 0 Å². The van der Waals surface area contributed by atoms with Gasteiger partial charge in [-0.15, -0.1) is 6.58 Å². The van der Waals surface area contributed by atoms with E-state index in [9.17, 15) is 0 Å². The van der Waals surface area contributed by atoms with Crippen molar-refractivity contribution in [3.8, 4) is 11.5 Å². The quantitative estimate of drug-likeness (QED) is 0.801. The first-order valence-corrected chi connectivity index (χ1v) is 6.27. The van der Waals surface area contributed by atoms with Gasteiger partial charge in [-0.2, -0.15) is 0 Å². The molecule has 0 saturated carbocycles. The fourth-order valence-electron chi connectivity index (χ4n) is 1.89. The average molecular weight is 269 g/mol. The number of halogens is 1. The minimum atomic E-state index is 0.0244. The molecule has 18 heavy (non-hydrogen) atoms. The number of rotatable bonds is 5. The zero-order valence-corrected chi connectivity index (χ0v) is 10.9. The molecule has 0 aromatic heterocycles. The van der Waals surface area contributed by atoms with Crippen LogP contribution >= 0.6 is 11.6 Å². The lowest BCUT2D eigenvalue weighted by Gasteiger charge is -2.23. The van der Waals surface area contributed by atoms with Crippen LogP contribution in [0, 0.1) is 0 Å². The summed E-state index contributed by atoms with van der Waals surface area (Å²) in [6, 6.07) is 3.81. The van der Waals surface area contributed by atoms with Gasteiger partial charge < -0.3 is 20.5 Å². The zero-order chi connectivity index (χ0) is 13.0. The fourth-order valence-corrected chi connectivity index (χ4v) is 2.17. The average Bonchev–Trinajstić information content (AvgIpc) is 2.40. The first-order valence-electron chi connectivity index (χ1n) is 5.89. The van der Waals surface area contributed by atoms with E-state index in [0.717, 1.165) is 5.56 Å². The molecule has 98 valence electrons. The fraction of sp³-hybridized carbons (Fsp3) is 0.385. The number of nitrogens with one attached hydrogen (secondary N) is 1. The van der Waals surface area contributed by atoms with Gasteiger partial charge in [0.25, 0.3) is 0 Å². The third kappa shape index (κ3) is 2.77. The summed E-state index contributed by atoms with van der Waals surface area (Å²) in [5.41, 5.74) is 6.75. The van der Waals surface area contributed by atoms with Crippen molar-refractivity contribution in [2.75, 3.05) is 26.3 Å². The lowest BCUT2D eigenvalue weighted by molar-refractivity contribution is 0.171. The Morgan fingerprint density at radius 1 is 1.44 bits per heavy atom. The molecule has 1 unspecified atom stereocenters. The number of ether oxygens (including phenoxy) is 2. The minimum absolute atomic E-state index is 0.0244. The molecule has 1 aliphatic rings. The highest BCUT2D eigenvalue weighted by molar-refractivity contribution is 6.32. The van der Waals surface area contributed by atoms with Crippen LogP contribution in [0.15, 0.2) is 24.8 Å². The van der Waals surface area contributed by atoms with Crippen molar-refractivity contribution in [2.24, 2.45) is 5.73 Å². The SMILES string of the molecule is C=CCNC(CN)c1cc(Cl)c2c(c1)OCCO2. The van der Waals surface area contributed by atoms with Crippen LogP contribution in [0.3, 0.4) is 0 Å². The summed E-state index contributed by atoms with van der Waals surface area (Å²) in [5, 5.41) is 3.83. The van der Waals surface area contributed by atoms with Crippen LogP contribution in [-0.2, 0) is 0 Å². The third-order valence-electron chi connectivity index (χ3n) is 2.77. The lowest BCUT2D eigenvalue weighted by atomic mass is 10.1. The van der Waals surface area contributed by atoms with Gasteiger partial charge in [0.2, 0.25) is 0 Å². The van der Waals surface area contributed by atoms with Gasteiger partial charge in [-0.1, -0.05) is 17.7 Å². The second-order valence-corrected chi connectivity index (χ2v) is 4.42. The molecule has 0 amide bonds. The highest BCUT2D eigenvalue weighted by Crippen LogP contribution is 2.39. The van der Waals surface area contributed by atoms with Gasteiger partial charge in [-0.3, -0.25) is 0 Å². The summed E-state index contributed by atoms with van der Waals surface area (Å²) >= 11 is 6.19. The summed E-state index contributed by atoms with van der Waals surface area (Å²) in [7, 11) is 0. The monoisotopic (exact) mass is 268 g/mol. The number of hydrogen-bond donors (Lipinski definition) is 2. The van der Waals surface area contributed by atoms with Gasteiger partial charge >= 0.3 is 0 Å². The van der Waals surface area contributed by atoms with Crippen LogP contribution in [0.25, 0.3) is 0 Å². The molecule has 0 fully saturated rings. The van der Waals surface area contributed by atoms with Gasteiger partial charge in [0, 0.05) is 19.1 Å². The second-order valence-electron chi connectivity index (χ2n) is 4.01. The van der Waals surface area contributed by atoms with Crippen molar-refractivity contribution in [1.29, 1.82) is 0 Å². The Labute approximate surface area is 112 Å². The molecule has 3 N–H and O–H groups in total. The summed E-state index contributed by atoms with van der Waals surface area (Å²) in [4.78, 5) is 0. The van der Waals surface area contributed by atoms with Crippen LogP contribution in [0.2, 0.25) is 5.02 Å². The maximum absolute atomic E-state index is 6.19. The molecule has 0 saturated heterocycles. The van der Waals surface area contributed by atoms with Crippen LogP contribution in [-0.4, -0.2) is 26.3 Å². The van der Waals surface area contributed by atoms with Crippen molar-refractivity contribution >= 4 is 11.6 Å². The number of hydrogen-bond acceptors (Lipinski definition) is 4. The van der Waals surface area contributed by atoms with Gasteiger partial charge in [-0.25, -0.2) is 0 Å². The molecule has 1 aromatic carbocycles. The largest absolute Gasteiger partial charge is 0.486 e. The van der Waals surface area contributed by atoms with E-state index in [2.05, 4.69) is 11.9 Å². The van der Waals surface area contributed by atoms with Crippen molar-refractivity contribution in [3.05, 3.63) is 35.4 Å². The standard InChI is InChI=1S/C13H17ClN2O2/c1-2-3-16-11(8-15)9-6-10(14)13-12(7-9)17-4-5-18-13/h2,6-7,11,16H,1,3-5,8,15H2. The molecular formula is C13H17ClN2O2. The minimum Gasteiger partial charge on any atom is -0.486 e. The van der Waals surface area contributed by atoms with Crippen molar-refractivity contribution in [1.82, 2.24) is 5.32 Å². The highest BCUT2D eigenvalue weighted by Gasteiger charge is 2.19. The Hall–Kier alpha value is -1.23. The van der Waals surface area contributed by atoms with Crippen molar-refractivity contribution < 1.29 is 9.47 Å². The third-order valence-corrected chi connectivity index (χ3v) is 3.05. The highest BCUT2D eigenvalue weighted by atomic mass is 35.5. The van der Waals surface area contributed by atoms with Crippen LogP contribution in [0.4, 0.5) is 0 Å². The van der Waals surface area contributed by atoms with E-state index in [0.29, 0.717) is 42.8 Å². The maximum Gasteiger partial charge on any atom is 0.179 e. The van der Waals surface area contributed by atoms with Gasteiger partial charge in [0.1, 0.15) is 13.2 Å². The first kappa shape index (κ1) is 13.2. The first-order chi connectivity index (χ1) is 8.76. The van der Waals surface area contributed by atoms with Crippen molar-refractivity contribution in [2.45, 2.75) is 6.04 Å². The normalized spacial score (nSPS) is 15.2. The van der Waals surface area contributed by atoms with Crippen LogP contribution < -0.4 is 20.5 Å². The van der Waals surface area contributed by atoms with Gasteiger partial charge in [0.15, 0.2) is 11.5 Å². The predicted octanol–water partition coefficient (Wildman–Crippen LogP) is 1.89. The zero-order valence-electron chi connectivity index (χ0n) is 10.1. The Morgan fingerprint density at radius 3 is 2.94 bits per heavy atom. The molecule has 1 aromatic rings. The lowest BCUT2D eigenvalue weighted by Crippen LogP contribution is -2.28. The van der Waals surface area contributed by atoms with Gasteiger partial charge in [-0.05, 0) is 17.7 Å². The molecular weight excluding hydrogens is 252 g/mol. The molecule has 0 bridgehead atoms. The summed E-state index contributed by atoms with van der Waals surface area (Å²) < 4.78 is 11.0.